The molecule has 0 bridgehead atoms. The zero-order valence-electron chi connectivity index (χ0n) is 10.1. The predicted octanol–water partition coefficient (Wildman–Crippen LogP) is 3.66. The van der Waals surface area contributed by atoms with Gasteiger partial charge in [-0.25, -0.2) is 0 Å². The van der Waals surface area contributed by atoms with E-state index in [0.717, 1.165) is 16.5 Å². The molecule has 2 aromatic rings. The van der Waals surface area contributed by atoms with Crippen LogP contribution in [-0.2, 0) is 4.79 Å². The molecule has 0 aliphatic carbocycles. The van der Waals surface area contributed by atoms with Gasteiger partial charge in [-0.05, 0) is 30.9 Å². The van der Waals surface area contributed by atoms with Crippen molar-refractivity contribution >= 4 is 22.4 Å². The van der Waals surface area contributed by atoms with Crippen molar-refractivity contribution in [2.75, 3.05) is 5.32 Å². The highest BCUT2D eigenvalue weighted by Crippen LogP contribution is 2.26. The molecule has 0 aliphatic heterocycles. The van der Waals surface area contributed by atoms with Crippen LogP contribution in [0, 0.1) is 6.92 Å². The number of carbonyl (C=O) groups is 1. The molecule has 0 fully saturated rings. The Kier molecular flexibility index (Phi) is 2.96. The second kappa shape index (κ2) is 4.42. The summed E-state index contributed by atoms with van der Waals surface area (Å²) >= 11 is 0. The molecule has 2 aromatic carbocycles. The Balaban J connectivity index is 2.52. The first kappa shape index (κ1) is 11.4. The molecule has 0 aromatic heterocycles. The number of hydrogen-bond acceptors (Lipinski definition) is 1. The van der Waals surface area contributed by atoms with Crippen molar-refractivity contribution in [3.63, 3.8) is 0 Å². The molecule has 0 aliphatic rings. The molecule has 86 valence electrons. The van der Waals surface area contributed by atoms with Crippen LogP contribution in [0.5, 0.6) is 0 Å². The van der Waals surface area contributed by atoms with Crippen molar-refractivity contribution in [3.05, 3.63) is 54.1 Å². The van der Waals surface area contributed by atoms with Gasteiger partial charge < -0.3 is 5.32 Å². The molecule has 0 unspecified atom stereocenters. The van der Waals surface area contributed by atoms with Gasteiger partial charge in [-0.15, -0.1) is 0 Å². The summed E-state index contributed by atoms with van der Waals surface area (Å²) in [6.07, 6.45) is 0. The Hall–Kier alpha value is -2.09. The van der Waals surface area contributed by atoms with E-state index >= 15 is 0 Å². The lowest BCUT2D eigenvalue weighted by molar-refractivity contribution is -0.112. The summed E-state index contributed by atoms with van der Waals surface area (Å²) < 4.78 is 0. The average molecular weight is 225 g/mol. The fraction of sp³-hybridized carbons (Fsp3) is 0.133. The molecule has 0 spiro atoms. The molecule has 0 atom stereocenters. The zero-order valence-corrected chi connectivity index (χ0v) is 10.1. The average Bonchev–Trinajstić information content (AvgIpc) is 2.33. The lowest BCUT2D eigenvalue weighted by Crippen LogP contribution is -2.12. The van der Waals surface area contributed by atoms with E-state index in [1.807, 2.05) is 30.3 Å². The molecule has 17 heavy (non-hydrogen) atoms. The first-order valence-electron chi connectivity index (χ1n) is 5.55. The van der Waals surface area contributed by atoms with E-state index in [-0.39, 0.29) is 5.91 Å². The number of benzene rings is 2. The van der Waals surface area contributed by atoms with Gasteiger partial charge in [0.1, 0.15) is 0 Å². The van der Waals surface area contributed by atoms with E-state index in [1.165, 1.54) is 5.56 Å². The van der Waals surface area contributed by atoms with Crippen molar-refractivity contribution in [2.24, 2.45) is 0 Å². The third-order valence-electron chi connectivity index (χ3n) is 2.78. The molecule has 1 N–H and O–H groups in total. The third-order valence-corrected chi connectivity index (χ3v) is 2.78. The fourth-order valence-corrected chi connectivity index (χ4v) is 1.79. The molecule has 2 heteroatoms. The van der Waals surface area contributed by atoms with E-state index in [0.29, 0.717) is 5.57 Å². The van der Waals surface area contributed by atoms with Crippen LogP contribution in [-0.4, -0.2) is 5.91 Å². The second-order valence-corrected chi connectivity index (χ2v) is 4.21. The Labute approximate surface area is 101 Å². The van der Waals surface area contributed by atoms with Crippen LogP contribution in [0.25, 0.3) is 10.8 Å². The Morgan fingerprint density at radius 3 is 2.41 bits per heavy atom. The lowest BCUT2D eigenvalue weighted by Gasteiger charge is -2.10. The standard InChI is InChI=1S/C15H15NO/c1-10(2)15(17)16-14-9-8-11(3)12-6-4-5-7-13(12)14/h4-9H,1H2,2-3H3,(H,16,17). The third kappa shape index (κ3) is 2.21. The van der Waals surface area contributed by atoms with E-state index in [9.17, 15) is 4.79 Å². The van der Waals surface area contributed by atoms with Crippen LogP contribution in [0.1, 0.15) is 12.5 Å². The van der Waals surface area contributed by atoms with Gasteiger partial charge in [-0.1, -0.05) is 36.9 Å². The maximum Gasteiger partial charge on any atom is 0.250 e. The van der Waals surface area contributed by atoms with E-state index in [2.05, 4.69) is 24.9 Å². The number of rotatable bonds is 2. The van der Waals surface area contributed by atoms with Gasteiger partial charge in [0, 0.05) is 16.6 Å². The maximum atomic E-state index is 11.6. The highest BCUT2D eigenvalue weighted by Gasteiger charge is 2.06. The van der Waals surface area contributed by atoms with Crippen LogP contribution in [0.4, 0.5) is 5.69 Å². The minimum Gasteiger partial charge on any atom is -0.322 e. The first-order chi connectivity index (χ1) is 8.09. The number of nitrogens with one attached hydrogen (secondary N) is 1. The number of fused-ring (bicyclic) bond motifs is 1. The number of hydrogen-bond donors (Lipinski definition) is 1. The van der Waals surface area contributed by atoms with E-state index in [4.69, 9.17) is 0 Å². The molecule has 0 heterocycles. The van der Waals surface area contributed by atoms with Gasteiger partial charge in [0.25, 0.3) is 5.91 Å². The van der Waals surface area contributed by atoms with Crippen molar-refractivity contribution in [2.45, 2.75) is 13.8 Å². The molecule has 0 saturated heterocycles. The summed E-state index contributed by atoms with van der Waals surface area (Å²) in [5, 5.41) is 5.09. The molecule has 0 radical (unpaired) electrons. The second-order valence-electron chi connectivity index (χ2n) is 4.21. The summed E-state index contributed by atoms with van der Waals surface area (Å²) in [7, 11) is 0. The highest BCUT2D eigenvalue weighted by atomic mass is 16.1. The Morgan fingerprint density at radius 1 is 1.12 bits per heavy atom. The van der Waals surface area contributed by atoms with Crippen LogP contribution in [0.15, 0.2) is 48.6 Å². The van der Waals surface area contributed by atoms with Gasteiger partial charge in [-0.2, -0.15) is 0 Å². The zero-order chi connectivity index (χ0) is 12.4. The van der Waals surface area contributed by atoms with Crippen LogP contribution < -0.4 is 5.32 Å². The highest BCUT2D eigenvalue weighted by molar-refractivity contribution is 6.08. The van der Waals surface area contributed by atoms with Gasteiger partial charge >= 0.3 is 0 Å². The SMILES string of the molecule is C=C(C)C(=O)Nc1ccc(C)c2ccccc12. The number of aryl methyl sites for hydroxylation is 1. The quantitative estimate of drug-likeness (QED) is 0.776. The maximum absolute atomic E-state index is 11.6. The molecular formula is C15H15NO. The monoisotopic (exact) mass is 225 g/mol. The first-order valence-corrected chi connectivity index (χ1v) is 5.55. The largest absolute Gasteiger partial charge is 0.322 e. The van der Waals surface area contributed by atoms with Crippen molar-refractivity contribution in [3.8, 4) is 0 Å². The molecule has 1 amide bonds. The fourth-order valence-electron chi connectivity index (χ4n) is 1.79. The predicted molar refractivity (Wildman–Crippen MR) is 72.1 cm³/mol. The minimum absolute atomic E-state index is 0.140. The van der Waals surface area contributed by atoms with Crippen LogP contribution in [0.2, 0.25) is 0 Å². The Morgan fingerprint density at radius 2 is 1.76 bits per heavy atom. The molecule has 2 nitrogen and oxygen atoms in total. The summed E-state index contributed by atoms with van der Waals surface area (Å²) in [4.78, 5) is 11.6. The number of carbonyl (C=O) groups excluding carboxylic acids is 1. The van der Waals surface area contributed by atoms with Crippen molar-refractivity contribution < 1.29 is 4.79 Å². The minimum atomic E-state index is -0.140. The smallest absolute Gasteiger partial charge is 0.250 e. The van der Waals surface area contributed by atoms with Crippen molar-refractivity contribution in [1.29, 1.82) is 0 Å². The molecule has 2 rings (SSSR count). The summed E-state index contributed by atoms with van der Waals surface area (Å²) in [5.74, 6) is -0.140. The summed E-state index contributed by atoms with van der Waals surface area (Å²) in [6.45, 7) is 7.40. The molecule has 0 saturated carbocycles. The van der Waals surface area contributed by atoms with Crippen LogP contribution >= 0.6 is 0 Å². The van der Waals surface area contributed by atoms with Crippen LogP contribution in [0.3, 0.4) is 0 Å². The lowest BCUT2D eigenvalue weighted by atomic mass is 10.0. The van der Waals surface area contributed by atoms with Gasteiger partial charge in [0.15, 0.2) is 0 Å². The summed E-state index contributed by atoms with van der Waals surface area (Å²) in [5.41, 5.74) is 2.54. The van der Waals surface area contributed by atoms with E-state index in [1.54, 1.807) is 6.92 Å². The number of amides is 1. The van der Waals surface area contributed by atoms with Gasteiger partial charge in [-0.3, -0.25) is 4.79 Å². The number of anilines is 1. The molecular weight excluding hydrogens is 210 g/mol. The van der Waals surface area contributed by atoms with Gasteiger partial charge in [0.05, 0.1) is 0 Å². The Bertz CT molecular complexity index is 599. The summed E-state index contributed by atoms with van der Waals surface area (Å²) in [6, 6.07) is 12.0. The van der Waals surface area contributed by atoms with E-state index < -0.39 is 0 Å². The normalized spacial score (nSPS) is 10.2. The van der Waals surface area contributed by atoms with Gasteiger partial charge in [0.2, 0.25) is 0 Å². The van der Waals surface area contributed by atoms with Crippen molar-refractivity contribution in [1.82, 2.24) is 0 Å². The topological polar surface area (TPSA) is 29.1 Å².